The Morgan fingerprint density at radius 3 is 2.76 bits per heavy atom. The predicted octanol–water partition coefficient (Wildman–Crippen LogP) is 2.10. The molecular weight excluding hydrogens is 212 g/mol. The van der Waals surface area contributed by atoms with Crippen molar-refractivity contribution in [3.63, 3.8) is 0 Å². The molecule has 1 atom stereocenters. The van der Waals surface area contributed by atoms with Crippen molar-refractivity contribution in [3.05, 3.63) is 29.8 Å². The van der Waals surface area contributed by atoms with Crippen molar-refractivity contribution in [2.24, 2.45) is 0 Å². The summed E-state index contributed by atoms with van der Waals surface area (Å²) in [6, 6.07) is 8.31. The van der Waals surface area contributed by atoms with Crippen LogP contribution in [-0.2, 0) is 4.79 Å². The topological polar surface area (TPSA) is 32.3 Å². The van der Waals surface area contributed by atoms with Gasteiger partial charge in [0.1, 0.15) is 0 Å². The molecule has 0 bridgehead atoms. The highest BCUT2D eigenvalue weighted by atomic mass is 16.2. The molecule has 0 spiro atoms. The standard InChI is InChI=1S/C14H20N2O/c1-10-6-5-7-12(8-10)16-11(2)9-15-14(3,4)13(16)17/h5-8,11,15H,9H2,1-4H3. The number of hydrogen-bond acceptors (Lipinski definition) is 2. The van der Waals surface area contributed by atoms with Crippen molar-refractivity contribution in [2.45, 2.75) is 39.3 Å². The van der Waals surface area contributed by atoms with Crippen LogP contribution in [0.15, 0.2) is 24.3 Å². The molecule has 3 heteroatoms. The minimum absolute atomic E-state index is 0.141. The van der Waals surface area contributed by atoms with Crippen LogP contribution in [0.4, 0.5) is 5.69 Å². The highest BCUT2D eigenvalue weighted by Gasteiger charge is 2.39. The summed E-state index contributed by atoms with van der Waals surface area (Å²) in [7, 11) is 0. The summed E-state index contributed by atoms with van der Waals surface area (Å²) >= 11 is 0. The first-order chi connectivity index (χ1) is 7.92. The maximum atomic E-state index is 12.4. The summed E-state index contributed by atoms with van der Waals surface area (Å²) in [5.74, 6) is 0.141. The van der Waals surface area contributed by atoms with E-state index in [2.05, 4.69) is 18.3 Å². The first kappa shape index (κ1) is 12.1. The molecule has 3 nitrogen and oxygen atoms in total. The van der Waals surface area contributed by atoms with Gasteiger partial charge in [0.15, 0.2) is 0 Å². The smallest absolute Gasteiger partial charge is 0.247 e. The zero-order chi connectivity index (χ0) is 12.6. The molecule has 1 aliphatic heterocycles. The van der Waals surface area contributed by atoms with Gasteiger partial charge < -0.3 is 10.2 Å². The van der Waals surface area contributed by atoms with Gasteiger partial charge in [0.25, 0.3) is 0 Å². The Balaban J connectivity index is 2.38. The van der Waals surface area contributed by atoms with Gasteiger partial charge in [-0.3, -0.25) is 4.79 Å². The molecule has 1 aromatic carbocycles. The van der Waals surface area contributed by atoms with Gasteiger partial charge in [0, 0.05) is 18.3 Å². The van der Waals surface area contributed by atoms with Crippen LogP contribution >= 0.6 is 0 Å². The number of carbonyl (C=O) groups is 1. The van der Waals surface area contributed by atoms with Crippen molar-refractivity contribution in [1.29, 1.82) is 0 Å². The van der Waals surface area contributed by atoms with Gasteiger partial charge in [0.2, 0.25) is 5.91 Å². The fourth-order valence-corrected chi connectivity index (χ4v) is 2.22. The second-order valence-electron chi connectivity index (χ2n) is 5.37. The second-order valence-corrected chi connectivity index (χ2v) is 5.37. The zero-order valence-electron chi connectivity index (χ0n) is 10.9. The molecule has 1 fully saturated rings. The maximum Gasteiger partial charge on any atom is 0.247 e. The molecular formula is C14H20N2O. The lowest BCUT2D eigenvalue weighted by atomic mass is 9.97. The van der Waals surface area contributed by atoms with Crippen LogP contribution in [0.5, 0.6) is 0 Å². The summed E-state index contributed by atoms with van der Waals surface area (Å²) in [6.07, 6.45) is 0. The van der Waals surface area contributed by atoms with Crippen LogP contribution < -0.4 is 10.2 Å². The van der Waals surface area contributed by atoms with E-state index in [9.17, 15) is 4.79 Å². The first-order valence-electron chi connectivity index (χ1n) is 6.07. The number of hydrogen-bond donors (Lipinski definition) is 1. The Hall–Kier alpha value is -1.35. The van der Waals surface area contributed by atoms with Crippen molar-refractivity contribution in [1.82, 2.24) is 5.32 Å². The Morgan fingerprint density at radius 2 is 2.12 bits per heavy atom. The first-order valence-corrected chi connectivity index (χ1v) is 6.07. The Kier molecular flexibility index (Phi) is 2.96. The van der Waals surface area contributed by atoms with Crippen molar-refractivity contribution >= 4 is 11.6 Å². The minimum Gasteiger partial charge on any atom is -0.307 e. The normalized spacial score (nSPS) is 23.9. The summed E-state index contributed by atoms with van der Waals surface area (Å²) < 4.78 is 0. The average molecular weight is 232 g/mol. The molecule has 1 aliphatic rings. The van der Waals surface area contributed by atoms with Crippen molar-refractivity contribution in [2.75, 3.05) is 11.4 Å². The molecule has 0 aliphatic carbocycles. The lowest BCUT2D eigenvalue weighted by molar-refractivity contribution is -0.125. The Labute approximate surface area is 103 Å². The molecule has 17 heavy (non-hydrogen) atoms. The molecule has 0 radical (unpaired) electrons. The van der Waals surface area contributed by atoms with Crippen molar-refractivity contribution < 1.29 is 4.79 Å². The third-order valence-electron chi connectivity index (χ3n) is 3.31. The van der Waals surface area contributed by atoms with E-state index in [1.165, 1.54) is 5.56 Å². The molecule has 1 saturated heterocycles. The third kappa shape index (κ3) is 2.20. The second kappa shape index (κ2) is 4.15. The van der Waals surface area contributed by atoms with E-state index in [1.54, 1.807) is 0 Å². The molecule has 1 amide bonds. The van der Waals surface area contributed by atoms with E-state index in [0.29, 0.717) is 0 Å². The van der Waals surface area contributed by atoms with Gasteiger partial charge in [0.05, 0.1) is 5.54 Å². The number of amides is 1. The van der Waals surface area contributed by atoms with E-state index in [1.807, 2.05) is 43.9 Å². The van der Waals surface area contributed by atoms with Gasteiger partial charge in [-0.15, -0.1) is 0 Å². The molecule has 0 saturated carbocycles. The molecule has 1 N–H and O–H groups in total. The highest BCUT2D eigenvalue weighted by molar-refractivity contribution is 6.01. The minimum atomic E-state index is -0.476. The number of benzene rings is 1. The lowest BCUT2D eigenvalue weighted by Gasteiger charge is -2.42. The summed E-state index contributed by atoms with van der Waals surface area (Å²) in [5, 5.41) is 3.28. The van der Waals surface area contributed by atoms with Crippen LogP contribution in [-0.4, -0.2) is 24.0 Å². The Bertz CT molecular complexity index is 440. The number of piperazine rings is 1. The molecule has 92 valence electrons. The van der Waals surface area contributed by atoms with Gasteiger partial charge in [-0.1, -0.05) is 12.1 Å². The number of carbonyl (C=O) groups excluding carboxylic acids is 1. The van der Waals surface area contributed by atoms with Gasteiger partial charge >= 0.3 is 0 Å². The van der Waals surface area contributed by atoms with E-state index in [4.69, 9.17) is 0 Å². The van der Waals surface area contributed by atoms with E-state index < -0.39 is 5.54 Å². The SMILES string of the molecule is Cc1cccc(N2C(=O)C(C)(C)NCC2C)c1. The maximum absolute atomic E-state index is 12.4. The molecule has 0 aromatic heterocycles. The van der Waals surface area contributed by atoms with Gasteiger partial charge in [-0.25, -0.2) is 0 Å². The molecule has 2 rings (SSSR count). The van der Waals surface area contributed by atoms with Crippen LogP contribution in [0.3, 0.4) is 0 Å². The van der Waals surface area contributed by atoms with E-state index >= 15 is 0 Å². The number of nitrogens with one attached hydrogen (secondary N) is 1. The average Bonchev–Trinajstić information content (AvgIpc) is 2.25. The quantitative estimate of drug-likeness (QED) is 0.804. The highest BCUT2D eigenvalue weighted by Crippen LogP contribution is 2.25. The van der Waals surface area contributed by atoms with Crippen molar-refractivity contribution in [3.8, 4) is 0 Å². The predicted molar refractivity (Wildman–Crippen MR) is 70.2 cm³/mol. The third-order valence-corrected chi connectivity index (χ3v) is 3.31. The van der Waals surface area contributed by atoms with Crippen LogP contribution in [0.1, 0.15) is 26.3 Å². The van der Waals surface area contributed by atoms with Crippen LogP contribution in [0.25, 0.3) is 0 Å². The largest absolute Gasteiger partial charge is 0.307 e. The fraction of sp³-hybridized carbons (Fsp3) is 0.500. The van der Waals surface area contributed by atoms with Crippen LogP contribution in [0.2, 0.25) is 0 Å². The van der Waals surface area contributed by atoms with Gasteiger partial charge in [-0.2, -0.15) is 0 Å². The lowest BCUT2D eigenvalue weighted by Crippen LogP contribution is -2.65. The number of anilines is 1. The summed E-state index contributed by atoms with van der Waals surface area (Å²) in [4.78, 5) is 14.3. The number of rotatable bonds is 1. The van der Waals surface area contributed by atoms with Crippen LogP contribution in [0, 0.1) is 6.92 Å². The number of aryl methyl sites for hydroxylation is 1. The summed E-state index contributed by atoms with van der Waals surface area (Å²) in [5.41, 5.74) is 1.70. The van der Waals surface area contributed by atoms with Gasteiger partial charge in [-0.05, 0) is 45.4 Å². The molecule has 1 unspecified atom stereocenters. The zero-order valence-corrected chi connectivity index (χ0v) is 10.9. The van der Waals surface area contributed by atoms with E-state index in [-0.39, 0.29) is 11.9 Å². The molecule has 1 aromatic rings. The number of nitrogens with zero attached hydrogens (tertiary/aromatic N) is 1. The molecule has 1 heterocycles. The monoisotopic (exact) mass is 232 g/mol. The fourth-order valence-electron chi connectivity index (χ4n) is 2.22. The van der Waals surface area contributed by atoms with E-state index in [0.717, 1.165) is 12.2 Å². The Morgan fingerprint density at radius 1 is 1.41 bits per heavy atom. The summed E-state index contributed by atoms with van der Waals surface area (Å²) in [6.45, 7) is 8.81.